The topological polar surface area (TPSA) is 110 Å². The van der Waals surface area contributed by atoms with E-state index in [0.717, 1.165) is 18.9 Å². The highest BCUT2D eigenvalue weighted by atomic mass is 32.2. The summed E-state index contributed by atoms with van der Waals surface area (Å²) < 4.78 is 5.74. The Morgan fingerprint density at radius 2 is 1.96 bits per heavy atom. The van der Waals surface area contributed by atoms with Crippen LogP contribution in [0.5, 0.6) is 0 Å². The van der Waals surface area contributed by atoms with E-state index in [9.17, 15) is 14.9 Å². The number of benzene rings is 1. The van der Waals surface area contributed by atoms with Crippen LogP contribution in [-0.2, 0) is 9.53 Å². The number of carbonyl (C=O) groups is 1. The van der Waals surface area contributed by atoms with Gasteiger partial charge in [0.25, 0.3) is 5.69 Å². The van der Waals surface area contributed by atoms with Crippen molar-refractivity contribution in [2.75, 3.05) is 29.1 Å². The third-order valence-electron chi connectivity index (χ3n) is 4.08. The normalized spacial score (nSPS) is 19.3. The zero-order valence-electron chi connectivity index (χ0n) is 15.6. The van der Waals surface area contributed by atoms with Gasteiger partial charge in [-0.1, -0.05) is 11.8 Å². The molecule has 0 bridgehead atoms. The van der Waals surface area contributed by atoms with Crippen molar-refractivity contribution in [2.24, 2.45) is 0 Å². The summed E-state index contributed by atoms with van der Waals surface area (Å²) in [5, 5.41) is 14.1. The second-order valence-corrected chi connectivity index (χ2v) is 7.51. The van der Waals surface area contributed by atoms with Gasteiger partial charge < -0.3 is 15.0 Å². The molecular weight excluding hydrogens is 382 g/mol. The minimum atomic E-state index is -0.482. The van der Waals surface area contributed by atoms with E-state index in [1.54, 1.807) is 0 Å². The number of hydrogen-bond donors (Lipinski definition) is 1. The summed E-state index contributed by atoms with van der Waals surface area (Å²) in [5.74, 6) is 0.770. The molecule has 2 aromatic rings. The summed E-state index contributed by atoms with van der Waals surface area (Å²) in [7, 11) is 0. The fourth-order valence-corrected chi connectivity index (χ4v) is 3.61. The Balaban J connectivity index is 1.55. The first kappa shape index (κ1) is 20.0. The molecule has 2 atom stereocenters. The molecule has 28 heavy (non-hydrogen) atoms. The quantitative estimate of drug-likeness (QED) is 0.339. The van der Waals surface area contributed by atoms with E-state index in [0.29, 0.717) is 10.7 Å². The first-order chi connectivity index (χ1) is 13.4. The number of non-ortho nitro benzene ring substituents is 1. The summed E-state index contributed by atoms with van der Waals surface area (Å²) in [6.07, 6.45) is 1.75. The van der Waals surface area contributed by atoms with E-state index >= 15 is 0 Å². The van der Waals surface area contributed by atoms with E-state index in [2.05, 4.69) is 20.2 Å². The molecule has 0 saturated carbocycles. The number of carbonyl (C=O) groups excluding carboxylic acids is 1. The highest BCUT2D eigenvalue weighted by Crippen LogP contribution is 2.23. The minimum absolute atomic E-state index is 0.0207. The standard InChI is InChI=1S/C18H21N5O4S/c1-12-8-22(9-13(2)27-12)16-7-18(20-11-19-16)28-10-17(24)21-14-3-5-15(6-4-14)23(25)26/h3-7,11-13H,8-10H2,1-2H3,(H,21,24). The molecule has 1 fully saturated rings. The van der Waals surface area contributed by atoms with Crippen molar-refractivity contribution in [1.82, 2.24) is 9.97 Å². The predicted molar refractivity (Wildman–Crippen MR) is 107 cm³/mol. The molecule has 1 aliphatic rings. The van der Waals surface area contributed by atoms with Gasteiger partial charge in [-0.3, -0.25) is 14.9 Å². The lowest BCUT2D eigenvalue weighted by Crippen LogP contribution is -2.45. The number of anilines is 2. The van der Waals surface area contributed by atoms with Crippen molar-refractivity contribution in [1.29, 1.82) is 0 Å². The zero-order valence-corrected chi connectivity index (χ0v) is 16.4. The molecule has 0 aliphatic carbocycles. The highest BCUT2D eigenvalue weighted by Gasteiger charge is 2.23. The van der Waals surface area contributed by atoms with Crippen LogP contribution >= 0.6 is 11.8 Å². The smallest absolute Gasteiger partial charge is 0.269 e. The molecule has 1 aromatic heterocycles. The van der Waals surface area contributed by atoms with E-state index in [1.807, 2.05) is 19.9 Å². The second kappa shape index (κ2) is 8.98. The number of rotatable bonds is 6. The highest BCUT2D eigenvalue weighted by molar-refractivity contribution is 7.99. The van der Waals surface area contributed by atoms with Gasteiger partial charge in [0, 0.05) is 37.0 Å². The van der Waals surface area contributed by atoms with Crippen LogP contribution < -0.4 is 10.2 Å². The number of morpholine rings is 1. The Labute approximate surface area is 166 Å². The maximum absolute atomic E-state index is 12.1. The number of thioether (sulfide) groups is 1. The Hall–Kier alpha value is -2.72. The molecule has 2 unspecified atom stereocenters. The largest absolute Gasteiger partial charge is 0.372 e. The van der Waals surface area contributed by atoms with Crippen LogP contribution in [0.2, 0.25) is 0 Å². The molecule has 1 aliphatic heterocycles. The van der Waals surface area contributed by atoms with Gasteiger partial charge in [-0.05, 0) is 26.0 Å². The number of nitro benzene ring substituents is 1. The SMILES string of the molecule is CC1CN(c2cc(SCC(=O)Nc3ccc([N+](=O)[O-])cc3)ncn2)CC(C)O1. The molecule has 148 valence electrons. The Kier molecular flexibility index (Phi) is 6.42. The molecule has 1 aromatic carbocycles. The third kappa shape index (κ3) is 5.40. The molecule has 0 spiro atoms. The molecule has 3 rings (SSSR count). The van der Waals surface area contributed by atoms with Gasteiger partial charge >= 0.3 is 0 Å². The fraction of sp³-hybridized carbons (Fsp3) is 0.389. The van der Waals surface area contributed by atoms with Crippen LogP contribution in [0.4, 0.5) is 17.2 Å². The van der Waals surface area contributed by atoms with Crippen LogP contribution in [0, 0.1) is 10.1 Å². The van der Waals surface area contributed by atoms with Crippen molar-refractivity contribution < 1.29 is 14.5 Å². The lowest BCUT2D eigenvalue weighted by molar-refractivity contribution is -0.384. The first-order valence-electron chi connectivity index (χ1n) is 8.80. The van der Waals surface area contributed by atoms with Gasteiger partial charge in [0.1, 0.15) is 17.2 Å². The van der Waals surface area contributed by atoms with E-state index < -0.39 is 4.92 Å². The Morgan fingerprint density at radius 1 is 1.29 bits per heavy atom. The number of nitrogens with one attached hydrogen (secondary N) is 1. The predicted octanol–water partition coefficient (Wildman–Crippen LogP) is 2.73. The van der Waals surface area contributed by atoms with E-state index in [4.69, 9.17) is 4.74 Å². The maximum Gasteiger partial charge on any atom is 0.269 e. The fourth-order valence-electron chi connectivity index (χ4n) is 2.95. The zero-order chi connectivity index (χ0) is 20.1. The van der Waals surface area contributed by atoms with Crippen LogP contribution in [0.25, 0.3) is 0 Å². The Morgan fingerprint density at radius 3 is 2.61 bits per heavy atom. The molecule has 1 amide bonds. The number of aromatic nitrogens is 2. The molecule has 0 radical (unpaired) electrons. The van der Waals surface area contributed by atoms with Crippen LogP contribution in [-0.4, -0.2) is 51.8 Å². The van der Waals surface area contributed by atoms with Crippen molar-refractivity contribution in [2.45, 2.75) is 31.1 Å². The van der Waals surface area contributed by atoms with Crippen LogP contribution in [0.3, 0.4) is 0 Å². The number of nitrogens with zero attached hydrogens (tertiary/aromatic N) is 4. The van der Waals surface area contributed by atoms with Gasteiger partial charge in [-0.2, -0.15) is 0 Å². The van der Waals surface area contributed by atoms with Gasteiger partial charge in [-0.25, -0.2) is 9.97 Å². The van der Waals surface area contributed by atoms with Crippen molar-refractivity contribution in [3.63, 3.8) is 0 Å². The van der Waals surface area contributed by atoms with Crippen molar-refractivity contribution in [3.8, 4) is 0 Å². The summed E-state index contributed by atoms with van der Waals surface area (Å²) in [4.78, 5) is 33.0. The molecular formula is C18H21N5O4S. The second-order valence-electron chi connectivity index (χ2n) is 6.52. The summed E-state index contributed by atoms with van der Waals surface area (Å²) >= 11 is 1.31. The minimum Gasteiger partial charge on any atom is -0.372 e. The molecule has 9 nitrogen and oxygen atoms in total. The van der Waals surface area contributed by atoms with Crippen LogP contribution in [0.15, 0.2) is 41.7 Å². The Bertz CT molecular complexity index is 838. The number of amides is 1. The van der Waals surface area contributed by atoms with Crippen molar-refractivity contribution >= 4 is 34.9 Å². The molecule has 1 saturated heterocycles. The molecule has 10 heteroatoms. The average Bonchev–Trinajstić information content (AvgIpc) is 2.66. The molecule has 2 heterocycles. The lowest BCUT2D eigenvalue weighted by Gasteiger charge is -2.36. The average molecular weight is 403 g/mol. The van der Waals surface area contributed by atoms with E-state index in [-0.39, 0.29) is 29.6 Å². The number of hydrogen-bond acceptors (Lipinski definition) is 8. The number of nitro groups is 1. The van der Waals surface area contributed by atoms with E-state index in [1.165, 1.54) is 42.4 Å². The first-order valence-corrected chi connectivity index (χ1v) is 9.79. The number of ether oxygens (including phenoxy) is 1. The monoisotopic (exact) mass is 403 g/mol. The van der Waals surface area contributed by atoms with Gasteiger partial charge in [-0.15, -0.1) is 0 Å². The lowest BCUT2D eigenvalue weighted by atomic mass is 10.2. The van der Waals surface area contributed by atoms with Gasteiger partial charge in [0.05, 0.1) is 22.9 Å². The third-order valence-corrected chi connectivity index (χ3v) is 5.01. The maximum atomic E-state index is 12.1. The summed E-state index contributed by atoms with van der Waals surface area (Å²) in [6.45, 7) is 5.57. The molecule has 1 N–H and O–H groups in total. The van der Waals surface area contributed by atoms with Crippen LogP contribution in [0.1, 0.15) is 13.8 Å². The van der Waals surface area contributed by atoms with Crippen molar-refractivity contribution in [3.05, 3.63) is 46.8 Å². The summed E-state index contributed by atoms with van der Waals surface area (Å²) in [6, 6.07) is 7.58. The van der Waals surface area contributed by atoms with Gasteiger partial charge in [0.2, 0.25) is 5.91 Å². The van der Waals surface area contributed by atoms with Gasteiger partial charge in [0.15, 0.2) is 0 Å². The summed E-state index contributed by atoms with van der Waals surface area (Å²) in [5.41, 5.74) is 0.489.